The van der Waals surface area contributed by atoms with Crippen LogP contribution in [0.25, 0.3) is 0 Å². The molecule has 18 heavy (non-hydrogen) atoms. The highest BCUT2D eigenvalue weighted by Crippen LogP contribution is 2.47. The number of aliphatic hydroxyl groups is 1. The van der Waals surface area contributed by atoms with Gasteiger partial charge in [0.15, 0.2) is 0 Å². The van der Waals surface area contributed by atoms with Gasteiger partial charge in [0, 0.05) is 26.1 Å². The summed E-state index contributed by atoms with van der Waals surface area (Å²) >= 11 is 0. The van der Waals surface area contributed by atoms with Crippen LogP contribution in [0.15, 0.2) is 0 Å². The highest BCUT2D eigenvalue weighted by atomic mass is 16.3. The quantitative estimate of drug-likeness (QED) is 0.788. The van der Waals surface area contributed by atoms with Gasteiger partial charge >= 0.3 is 6.03 Å². The van der Waals surface area contributed by atoms with Gasteiger partial charge in [-0.3, -0.25) is 0 Å². The van der Waals surface area contributed by atoms with Crippen molar-refractivity contribution in [2.45, 2.75) is 51.6 Å². The minimum Gasteiger partial charge on any atom is -0.393 e. The van der Waals surface area contributed by atoms with Crippen molar-refractivity contribution < 1.29 is 9.90 Å². The summed E-state index contributed by atoms with van der Waals surface area (Å²) in [7, 11) is 1.83. The first-order chi connectivity index (χ1) is 8.56. The molecule has 2 saturated carbocycles. The van der Waals surface area contributed by atoms with Gasteiger partial charge in [0.1, 0.15) is 0 Å². The van der Waals surface area contributed by atoms with Gasteiger partial charge in [-0.05, 0) is 37.5 Å². The third kappa shape index (κ3) is 3.16. The van der Waals surface area contributed by atoms with E-state index in [0.29, 0.717) is 12.0 Å². The van der Waals surface area contributed by atoms with E-state index in [1.807, 2.05) is 7.05 Å². The molecule has 2 atom stereocenters. The van der Waals surface area contributed by atoms with Crippen molar-refractivity contribution in [1.29, 1.82) is 0 Å². The number of nitrogens with zero attached hydrogens (tertiary/aromatic N) is 1. The Bertz CT molecular complexity index is 302. The van der Waals surface area contributed by atoms with E-state index in [-0.39, 0.29) is 18.1 Å². The van der Waals surface area contributed by atoms with Crippen LogP contribution in [-0.2, 0) is 0 Å². The van der Waals surface area contributed by atoms with Gasteiger partial charge in [-0.2, -0.15) is 0 Å². The van der Waals surface area contributed by atoms with Crippen LogP contribution >= 0.6 is 0 Å². The van der Waals surface area contributed by atoms with Crippen molar-refractivity contribution in [3.05, 3.63) is 0 Å². The second kappa shape index (κ2) is 5.47. The van der Waals surface area contributed by atoms with Gasteiger partial charge in [0.05, 0.1) is 6.10 Å². The lowest BCUT2D eigenvalue weighted by Gasteiger charge is -2.24. The second-order valence-electron chi connectivity index (χ2n) is 6.15. The molecule has 0 aromatic carbocycles. The molecule has 0 heterocycles. The van der Waals surface area contributed by atoms with Crippen LogP contribution < -0.4 is 5.32 Å². The zero-order chi connectivity index (χ0) is 13.2. The molecule has 0 saturated heterocycles. The minimum atomic E-state index is -0.217. The molecule has 0 aliphatic heterocycles. The SMILES string of the molecule is CCC1(CNC(=O)N(C)CC2CCCC2O)CC1. The predicted octanol–water partition coefficient (Wildman–Crippen LogP) is 1.98. The monoisotopic (exact) mass is 254 g/mol. The van der Waals surface area contributed by atoms with Gasteiger partial charge in [0.2, 0.25) is 0 Å². The van der Waals surface area contributed by atoms with Gasteiger partial charge in [-0.25, -0.2) is 4.79 Å². The summed E-state index contributed by atoms with van der Waals surface area (Å²) in [5, 5.41) is 12.8. The maximum atomic E-state index is 12.0. The zero-order valence-corrected chi connectivity index (χ0v) is 11.6. The first-order valence-corrected chi connectivity index (χ1v) is 7.23. The van der Waals surface area contributed by atoms with Gasteiger partial charge in [-0.1, -0.05) is 13.3 Å². The zero-order valence-electron chi connectivity index (χ0n) is 11.6. The predicted molar refractivity (Wildman–Crippen MR) is 71.3 cm³/mol. The molecule has 2 N–H and O–H groups in total. The van der Waals surface area contributed by atoms with E-state index in [9.17, 15) is 9.90 Å². The van der Waals surface area contributed by atoms with E-state index in [4.69, 9.17) is 0 Å². The number of nitrogens with one attached hydrogen (secondary N) is 1. The topological polar surface area (TPSA) is 52.6 Å². The molecule has 4 heteroatoms. The molecule has 2 amide bonds. The second-order valence-corrected chi connectivity index (χ2v) is 6.15. The van der Waals surface area contributed by atoms with E-state index >= 15 is 0 Å². The average Bonchev–Trinajstić information content (AvgIpc) is 3.05. The van der Waals surface area contributed by atoms with Crippen LogP contribution in [0.1, 0.15) is 45.4 Å². The number of rotatable bonds is 5. The lowest BCUT2D eigenvalue weighted by Crippen LogP contribution is -2.43. The average molecular weight is 254 g/mol. The number of hydrogen-bond acceptors (Lipinski definition) is 2. The normalized spacial score (nSPS) is 29.1. The summed E-state index contributed by atoms with van der Waals surface area (Å²) < 4.78 is 0. The number of aliphatic hydroxyl groups excluding tert-OH is 1. The largest absolute Gasteiger partial charge is 0.393 e. The fourth-order valence-electron chi connectivity index (χ4n) is 2.90. The van der Waals surface area contributed by atoms with Crippen LogP contribution in [0.4, 0.5) is 4.79 Å². The highest BCUT2D eigenvalue weighted by molar-refractivity contribution is 5.73. The highest BCUT2D eigenvalue weighted by Gasteiger charge is 2.40. The summed E-state index contributed by atoms with van der Waals surface area (Å²) in [6.45, 7) is 3.67. The van der Waals surface area contributed by atoms with E-state index < -0.39 is 0 Å². The number of hydrogen-bond donors (Lipinski definition) is 2. The minimum absolute atomic E-state index is 0.00817. The summed E-state index contributed by atoms with van der Waals surface area (Å²) in [5.41, 5.74) is 0.392. The van der Waals surface area contributed by atoms with Crippen molar-refractivity contribution >= 4 is 6.03 Å². The summed E-state index contributed by atoms with van der Waals surface area (Å²) in [5.74, 6) is 0.266. The molecule has 2 aliphatic rings. The third-order valence-electron chi connectivity index (χ3n) is 4.80. The fourth-order valence-corrected chi connectivity index (χ4v) is 2.90. The lowest BCUT2D eigenvalue weighted by molar-refractivity contribution is 0.113. The smallest absolute Gasteiger partial charge is 0.317 e. The molecule has 0 aromatic heterocycles. The fraction of sp³-hybridized carbons (Fsp3) is 0.929. The maximum Gasteiger partial charge on any atom is 0.317 e. The van der Waals surface area contributed by atoms with E-state index in [1.54, 1.807) is 4.90 Å². The molecule has 4 nitrogen and oxygen atoms in total. The van der Waals surface area contributed by atoms with E-state index in [2.05, 4.69) is 12.2 Å². The van der Waals surface area contributed by atoms with E-state index in [0.717, 1.165) is 32.2 Å². The van der Waals surface area contributed by atoms with Crippen LogP contribution in [-0.4, -0.2) is 42.3 Å². The summed E-state index contributed by atoms with van der Waals surface area (Å²) in [4.78, 5) is 13.7. The molecule has 0 radical (unpaired) electrons. The molecule has 0 aromatic rings. The standard InChI is InChI=1S/C14H26N2O2/c1-3-14(7-8-14)10-15-13(18)16(2)9-11-5-4-6-12(11)17/h11-12,17H,3-10H2,1-2H3,(H,15,18). The van der Waals surface area contributed by atoms with Crippen molar-refractivity contribution in [2.24, 2.45) is 11.3 Å². The first-order valence-electron chi connectivity index (χ1n) is 7.23. The Balaban J connectivity index is 1.71. The Labute approximate surface area is 110 Å². The van der Waals surface area contributed by atoms with Crippen LogP contribution in [0, 0.1) is 11.3 Å². The van der Waals surface area contributed by atoms with Crippen molar-refractivity contribution in [1.82, 2.24) is 10.2 Å². The first kappa shape index (κ1) is 13.7. The van der Waals surface area contributed by atoms with Crippen LogP contribution in [0.2, 0.25) is 0 Å². The van der Waals surface area contributed by atoms with E-state index in [1.165, 1.54) is 12.8 Å². The molecule has 2 unspecified atom stereocenters. The molecule has 104 valence electrons. The lowest BCUT2D eigenvalue weighted by atomic mass is 10.0. The third-order valence-corrected chi connectivity index (χ3v) is 4.80. The number of carbonyl (C=O) groups is 1. The summed E-state index contributed by atoms with van der Waals surface area (Å²) in [6, 6.07) is 0.00817. The molecular weight excluding hydrogens is 228 g/mol. The number of urea groups is 1. The number of carbonyl (C=O) groups excluding carboxylic acids is 1. The molecule has 2 rings (SSSR count). The van der Waals surface area contributed by atoms with Gasteiger partial charge in [-0.15, -0.1) is 0 Å². The number of amides is 2. The van der Waals surface area contributed by atoms with Crippen LogP contribution in [0.5, 0.6) is 0 Å². The Morgan fingerprint density at radius 1 is 1.44 bits per heavy atom. The molecule has 0 bridgehead atoms. The van der Waals surface area contributed by atoms with Gasteiger partial charge in [0.25, 0.3) is 0 Å². The Kier molecular flexibility index (Phi) is 4.15. The van der Waals surface area contributed by atoms with Crippen molar-refractivity contribution in [3.8, 4) is 0 Å². The molecule has 2 fully saturated rings. The van der Waals surface area contributed by atoms with Crippen molar-refractivity contribution in [3.63, 3.8) is 0 Å². The molecular formula is C14H26N2O2. The Morgan fingerprint density at radius 2 is 2.17 bits per heavy atom. The van der Waals surface area contributed by atoms with Crippen LogP contribution in [0.3, 0.4) is 0 Å². The molecule has 2 aliphatic carbocycles. The Morgan fingerprint density at radius 3 is 2.67 bits per heavy atom. The Hall–Kier alpha value is -0.770. The van der Waals surface area contributed by atoms with Gasteiger partial charge < -0.3 is 15.3 Å². The summed E-state index contributed by atoms with van der Waals surface area (Å²) in [6.07, 6.45) is 6.43. The molecule has 0 spiro atoms. The maximum absolute atomic E-state index is 12.0. The van der Waals surface area contributed by atoms with Crippen molar-refractivity contribution in [2.75, 3.05) is 20.1 Å².